The fourth-order valence-electron chi connectivity index (χ4n) is 1.94. The van der Waals surface area contributed by atoms with Crippen molar-refractivity contribution in [2.24, 2.45) is 0 Å². The number of aromatic nitrogens is 2. The molecule has 0 fully saturated rings. The first-order valence-corrected chi connectivity index (χ1v) is 4.40. The average molecular weight is 165 g/mol. The summed E-state index contributed by atoms with van der Waals surface area (Å²) in [4.78, 5) is 2.33. The van der Waals surface area contributed by atoms with Crippen molar-refractivity contribution in [3.63, 3.8) is 0 Å². The molecule has 12 heavy (non-hydrogen) atoms. The second-order valence-electron chi connectivity index (χ2n) is 3.77. The fraction of sp³-hybridized carbons (Fsp3) is 0.667. The lowest BCUT2D eigenvalue weighted by molar-refractivity contribution is 0.220. The van der Waals surface area contributed by atoms with Gasteiger partial charge in [-0.15, -0.1) is 0 Å². The molecule has 0 amide bonds. The van der Waals surface area contributed by atoms with Crippen molar-refractivity contribution < 1.29 is 0 Å². The third kappa shape index (κ3) is 1.14. The maximum atomic E-state index is 4.46. The van der Waals surface area contributed by atoms with Gasteiger partial charge in [0.05, 0.1) is 17.4 Å². The molecule has 0 aliphatic carbocycles. The summed E-state index contributed by atoms with van der Waals surface area (Å²) in [5.74, 6) is 0. The first-order valence-electron chi connectivity index (χ1n) is 4.40. The molecule has 1 aromatic rings. The molecule has 1 aliphatic heterocycles. The normalized spacial score (nSPS) is 24.1. The molecule has 0 radical (unpaired) electrons. The van der Waals surface area contributed by atoms with Crippen LogP contribution in [0.2, 0.25) is 0 Å². The van der Waals surface area contributed by atoms with Crippen LogP contribution < -0.4 is 0 Å². The Labute approximate surface area is 73.0 Å². The molecule has 0 saturated heterocycles. The molecule has 1 aliphatic rings. The highest BCUT2D eigenvalue weighted by Gasteiger charge is 2.20. The van der Waals surface area contributed by atoms with E-state index < -0.39 is 0 Å². The van der Waals surface area contributed by atoms with Gasteiger partial charge in [0.15, 0.2) is 0 Å². The van der Waals surface area contributed by atoms with Gasteiger partial charge in [-0.3, -0.25) is 9.58 Å². The quantitative estimate of drug-likeness (QED) is 0.576. The monoisotopic (exact) mass is 165 g/mol. The summed E-state index contributed by atoms with van der Waals surface area (Å²) >= 11 is 0. The number of hydrogen-bond acceptors (Lipinski definition) is 2. The van der Waals surface area contributed by atoms with Crippen LogP contribution in [0.5, 0.6) is 0 Å². The van der Waals surface area contributed by atoms with Gasteiger partial charge in [0, 0.05) is 13.1 Å². The van der Waals surface area contributed by atoms with Gasteiger partial charge in [-0.25, -0.2) is 0 Å². The first-order chi connectivity index (χ1) is 5.66. The number of likely N-dealkylation sites (N-methyl/N-ethyl adjacent to an activating group) is 1. The predicted molar refractivity (Wildman–Crippen MR) is 48.0 cm³/mol. The smallest absolute Gasteiger partial charge is 0.0621 e. The van der Waals surface area contributed by atoms with E-state index in [0.717, 1.165) is 18.8 Å². The van der Waals surface area contributed by atoms with Crippen molar-refractivity contribution in [2.45, 2.75) is 26.4 Å². The fourth-order valence-corrected chi connectivity index (χ4v) is 1.94. The van der Waals surface area contributed by atoms with Gasteiger partial charge in [0.1, 0.15) is 0 Å². The minimum absolute atomic E-state index is 0.521. The van der Waals surface area contributed by atoms with Gasteiger partial charge in [0.25, 0.3) is 0 Å². The third-order valence-corrected chi connectivity index (χ3v) is 2.36. The number of rotatable bonds is 0. The SMILES string of the molecule is Cc1cc2n(n1)C(C)CN(C)C2. The van der Waals surface area contributed by atoms with E-state index in [-0.39, 0.29) is 0 Å². The Balaban J connectivity index is 2.40. The van der Waals surface area contributed by atoms with E-state index in [1.807, 2.05) is 0 Å². The zero-order valence-corrected chi connectivity index (χ0v) is 7.91. The number of nitrogens with zero attached hydrogens (tertiary/aromatic N) is 3. The molecule has 0 saturated carbocycles. The summed E-state index contributed by atoms with van der Waals surface area (Å²) in [7, 11) is 2.16. The van der Waals surface area contributed by atoms with Crippen LogP contribution >= 0.6 is 0 Å². The molecule has 0 aromatic carbocycles. The van der Waals surface area contributed by atoms with Crippen molar-refractivity contribution in [2.75, 3.05) is 13.6 Å². The molecule has 3 nitrogen and oxygen atoms in total. The van der Waals surface area contributed by atoms with Crippen LogP contribution in [0.4, 0.5) is 0 Å². The van der Waals surface area contributed by atoms with Gasteiger partial charge >= 0.3 is 0 Å². The topological polar surface area (TPSA) is 21.1 Å². The lowest BCUT2D eigenvalue weighted by Gasteiger charge is -2.28. The average Bonchev–Trinajstić information content (AvgIpc) is 2.29. The van der Waals surface area contributed by atoms with Crippen molar-refractivity contribution >= 4 is 0 Å². The predicted octanol–water partition coefficient (Wildman–Crippen LogP) is 1.20. The Morgan fingerprint density at radius 1 is 1.58 bits per heavy atom. The lowest BCUT2D eigenvalue weighted by atomic mass is 10.2. The minimum Gasteiger partial charge on any atom is -0.298 e. The molecule has 0 spiro atoms. The van der Waals surface area contributed by atoms with Crippen LogP contribution in [-0.2, 0) is 6.54 Å². The molecule has 1 aromatic heterocycles. The van der Waals surface area contributed by atoms with Gasteiger partial charge in [0.2, 0.25) is 0 Å². The van der Waals surface area contributed by atoms with Crippen molar-refractivity contribution in [1.82, 2.24) is 14.7 Å². The van der Waals surface area contributed by atoms with E-state index in [0.29, 0.717) is 6.04 Å². The van der Waals surface area contributed by atoms with Crippen LogP contribution in [-0.4, -0.2) is 28.3 Å². The standard InChI is InChI=1S/C9H15N3/c1-7-4-9-6-11(3)5-8(2)12(9)10-7/h4,8H,5-6H2,1-3H3. The molecular formula is C9H15N3. The molecule has 0 N–H and O–H groups in total. The second kappa shape index (κ2) is 2.59. The van der Waals surface area contributed by atoms with Gasteiger partial charge < -0.3 is 0 Å². The molecule has 3 heteroatoms. The highest BCUT2D eigenvalue weighted by molar-refractivity contribution is 5.11. The largest absolute Gasteiger partial charge is 0.298 e. The Morgan fingerprint density at radius 2 is 2.33 bits per heavy atom. The van der Waals surface area contributed by atoms with E-state index in [2.05, 4.69) is 41.6 Å². The minimum atomic E-state index is 0.521. The highest BCUT2D eigenvalue weighted by atomic mass is 15.4. The zero-order valence-electron chi connectivity index (χ0n) is 7.91. The van der Waals surface area contributed by atoms with E-state index >= 15 is 0 Å². The number of aryl methyl sites for hydroxylation is 1. The lowest BCUT2D eigenvalue weighted by Crippen LogP contribution is -2.33. The van der Waals surface area contributed by atoms with Gasteiger partial charge in [-0.1, -0.05) is 0 Å². The molecule has 1 unspecified atom stereocenters. The summed E-state index contributed by atoms with van der Waals surface area (Å²) in [6, 6.07) is 2.69. The van der Waals surface area contributed by atoms with E-state index in [9.17, 15) is 0 Å². The number of fused-ring (bicyclic) bond motifs is 1. The van der Waals surface area contributed by atoms with Crippen LogP contribution in [0.1, 0.15) is 24.4 Å². The molecule has 1 atom stereocenters. The molecule has 66 valence electrons. The van der Waals surface area contributed by atoms with Crippen LogP contribution in [0.15, 0.2) is 6.07 Å². The van der Waals surface area contributed by atoms with Crippen molar-refractivity contribution in [3.8, 4) is 0 Å². The van der Waals surface area contributed by atoms with E-state index in [4.69, 9.17) is 0 Å². The van der Waals surface area contributed by atoms with Crippen molar-refractivity contribution in [1.29, 1.82) is 0 Å². The van der Waals surface area contributed by atoms with Crippen molar-refractivity contribution in [3.05, 3.63) is 17.5 Å². The third-order valence-electron chi connectivity index (χ3n) is 2.36. The van der Waals surface area contributed by atoms with Crippen LogP contribution in [0.3, 0.4) is 0 Å². The summed E-state index contributed by atoms with van der Waals surface area (Å²) < 4.78 is 2.15. The summed E-state index contributed by atoms with van der Waals surface area (Å²) in [6.45, 7) is 6.41. The summed E-state index contributed by atoms with van der Waals surface area (Å²) in [5, 5.41) is 4.46. The van der Waals surface area contributed by atoms with Gasteiger partial charge in [-0.2, -0.15) is 5.10 Å². The maximum Gasteiger partial charge on any atom is 0.0621 e. The first kappa shape index (κ1) is 7.80. The molecule has 2 heterocycles. The molecule has 0 bridgehead atoms. The summed E-state index contributed by atoms with van der Waals surface area (Å²) in [5.41, 5.74) is 2.47. The van der Waals surface area contributed by atoms with Crippen LogP contribution in [0.25, 0.3) is 0 Å². The second-order valence-corrected chi connectivity index (χ2v) is 3.77. The van der Waals surface area contributed by atoms with E-state index in [1.54, 1.807) is 0 Å². The maximum absolute atomic E-state index is 4.46. The highest BCUT2D eigenvalue weighted by Crippen LogP contribution is 2.19. The van der Waals surface area contributed by atoms with Crippen LogP contribution in [0, 0.1) is 6.92 Å². The Kier molecular flexibility index (Phi) is 1.68. The zero-order chi connectivity index (χ0) is 8.72. The Bertz CT molecular complexity index is 290. The Hall–Kier alpha value is -0.830. The number of hydrogen-bond donors (Lipinski definition) is 0. The molecule has 2 rings (SSSR count). The van der Waals surface area contributed by atoms with E-state index in [1.165, 1.54) is 5.69 Å². The van der Waals surface area contributed by atoms with Gasteiger partial charge in [-0.05, 0) is 27.0 Å². The summed E-state index contributed by atoms with van der Waals surface area (Å²) in [6.07, 6.45) is 0. The molecular weight excluding hydrogens is 150 g/mol. The Morgan fingerprint density at radius 3 is 3.08 bits per heavy atom.